The average molecular weight is 217 g/mol. The zero-order valence-electron chi connectivity index (χ0n) is 6.03. The van der Waals surface area contributed by atoms with Crippen LogP contribution in [0.3, 0.4) is 0 Å². The minimum atomic E-state index is -0.433. The van der Waals surface area contributed by atoms with Crippen LogP contribution in [0, 0.1) is 23.7 Å². The summed E-state index contributed by atoms with van der Waals surface area (Å²) in [4.78, 5) is 0. The van der Waals surface area contributed by atoms with E-state index in [9.17, 15) is 0 Å². The van der Waals surface area contributed by atoms with Crippen LogP contribution in [0.4, 0.5) is 0 Å². The van der Waals surface area contributed by atoms with E-state index in [-0.39, 0.29) is 0 Å². The minimum absolute atomic E-state index is 0.433. The molecule has 4 atom stereocenters. The Labute approximate surface area is 69.0 Å². The van der Waals surface area contributed by atoms with Gasteiger partial charge in [-0.05, 0) is 0 Å². The summed E-state index contributed by atoms with van der Waals surface area (Å²) in [6.07, 6.45) is 1.64. The third kappa shape index (κ3) is 0.307. The van der Waals surface area contributed by atoms with Gasteiger partial charge in [-0.1, -0.05) is 0 Å². The Hall–Kier alpha value is 0.949. The standard InChI is InChI=1S/C8H11PSe/c1-9(10)7-4-2-3-5(7)6(3)8(4)9/h3-8H,2H2,1H3. The Morgan fingerprint density at radius 3 is 2.10 bits per heavy atom. The molecule has 4 aliphatic carbocycles. The van der Waals surface area contributed by atoms with Gasteiger partial charge in [-0.2, -0.15) is 0 Å². The molecule has 5 fully saturated rings. The molecule has 4 unspecified atom stereocenters. The van der Waals surface area contributed by atoms with E-state index in [1.807, 2.05) is 0 Å². The van der Waals surface area contributed by atoms with Crippen LogP contribution in [-0.2, 0) is 0 Å². The van der Waals surface area contributed by atoms with E-state index in [0.717, 1.165) is 0 Å². The number of hydrogen-bond donors (Lipinski definition) is 0. The van der Waals surface area contributed by atoms with Gasteiger partial charge in [0.1, 0.15) is 0 Å². The van der Waals surface area contributed by atoms with E-state index in [2.05, 4.69) is 21.8 Å². The third-order valence-electron chi connectivity index (χ3n) is 4.69. The van der Waals surface area contributed by atoms with Crippen LogP contribution >= 0.6 is 5.51 Å². The Bertz CT molecular complexity index is 259. The molecule has 1 heterocycles. The maximum absolute atomic E-state index is 3.54. The molecule has 54 valence electrons. The van der Waals surface area contributed by atoms with Crippen molar-refractivity contribution in [3.63, 3.8) is 0 Å². The molecule has 1 saturated heterocycles. The van der Waals surface area contributed by atoms with Crippen molar-refractivity contribution in [2.24, 2.45) is 23.7 Å². The monoisotopic (exact) mass is 218 g/mol. The van der Waals surface area contributed by atoms with Crippen LogP contribution in [-0.4, -0.2) is 33.1 Å². The molecule has 0 aromatic rings. The van der Waals surface area contributed by atoms with Crippen LogP contribution in [0.25, 0.3) is 0 Å². The number of rotatable bonds is 0. The van der Waals surface area contributed by atoms with Crippen LogP contribution in [0.1, 0.15) is 6.42 Å². The summed E-state index contributed by atoms with van der Waals surface area (Å²) in [6.45, 7) is 2.56. The topological polar surface area (TPSA) is 0 Å². The zero-order valence-corrected chi connectivity index (χ0v) is 8.63. The molecular weight excluding hydrogens is 206 g/mol. The van der Waals surface area contributed by atoms with Crippen molar-refractivity contribution in [2.45, 2.75) is 17.7 Å². The van der Waals surface area contributed by atoms with Crippen molar-refractivity contribution < 1.29 is 0 Å². The van der Waals surface area contributed by atoms with Crippen LogP contribution in [0.5, 0.6) is 0 Å². The Morgan fingerprint density at radius 1 is 1.20 bits per heavy atom. The first-order valence-corrected chi connectivity index (χ1v) is 8.89. The van der Waals surface area contributed by atoms with Crippen molar-refractivity contribution >= 4 is 20.6 Å². The van der Waals surface area contributed by atoms with Gasteiger partial charge in [0.15, 0.2) is 0 Å². The second-order valence-corrected chi connectivity index (χ2v) is 13.0. The summed E-state index contributed by atoms with van der Waals surface area (Å²) < 4.78 is 0. The molecule has 0 radical (unpaired) electrons. The molecule has 1 aliphatic heterocycles. The van der Waals surface area contributed by atoms with Gasteiger partial charge in [-0.15, -0.1) is 0 Å². The molecule has 5 rings (SSSR count). The van der Waals surface area contributed by atoms with Gasteiger partial charge in [0.2, 0.25) is 0 Å². The van der Waals surface area contributed by atoms with E-state index in [0.29, 0.717) is 0 Å². The molecular formula is C8H11PSe. The first-order chi connectivity index (χ1) is 4.73. The molecule has 2 heteroatoms. The van der Waals surface area contributed by atoms with Gasteiger partial charge in [0.05, 0.1) is 0 Å². The first-order valence-electron chi connectivity index (χ1n) is 4.30. The van der Waals surface area contributed by atoms with Gasteiger partial charge in [0.25, 0.3) is 0 Å². The average Bonchev–Trinajstić information content (AvgIpc) is 2.38. The molecule has 5 aliphatic rings. The number of hydrogen-bond acceptors (Lipinski definition) is 0. The van der Waals surface area contributed by atoms with Gasteiger partial charge < -0.3 is 0 Å². The molecule has 0 amide bonds. The Balaban J connectivity index is 2.02. The van der Waals surface area contributed by atoms with Crippen LogP contribution in [0.2, 0.25) is 0 Å². The van der Waals surface area contributed by atoms with Gasteiger partial charge >= 0.3 is 68.7 Å². The zero-order chi connectivity index (χ0) is 6.67. The molecule has 0 aromatic heterocycles. The molecule has 0 aromatic carbocycles. The van der Waals surface area contributed by atoms with E-state index in [1.54, 1.807) is 6.42 Å². The van der Waals surface area contributed by atoms with Gasteiger partial charge in [0, 0.05) is 0 Å². The van der Waals surface area contributed by atoms with Crippen LogP contribution < -0.4 is 0 Å². The maximum atomic E-state index is 3.54. The van der Waals surface area contributed by atoms with Crippen LogP contribution in [0.15, 0.2) is 0 Å². The van der Waals surface area contributed by atoms with Crippen molar-refractivity contribution in [1.29, 1.82) is 0 Å². The van der Waals surface area contributed by atoms with E-state index in [4.69, 9.17) is 0 Å². The van der Waals surface area contributed by atoms with E-state index < -0.39 is 5.51 Å². The van der Waals surface area contributed by atoms with Crippen molar-refractivity contribution in [3.8, 4) is 0 Å². The fraction of sp³-hybridized carbons (Fsp3) is 1.00. The summed E-state index contributed by atoms with van der Waals surface area (Å²) in [5.74, 6) is 5.00. The Kier molecular flexibility index (Phi) is 0.659. The molecule has 0 spiro atoms. The van der Waals surface area contributed by atoms with E-state index >= 15 is 0 Å². The van der Waals surface area contributed by atoms with Gasteiger partial charge in [-0.25, -0.2) is 0 Å². The summed E-state index contributed by atoms with van der Waals surface area (Å²) in [5, 5.41) is 0. The second-order valence-electron chi connectivity index (χ2n) is 4.76. The summed E-state index contributed by atoms with van der Waals surface area (Å²) in [6, 6.07) is 0. The SMILES string of the molecule is CP1(=[Se])C2C3CC4C2C4C31. The van der Waals surface area contributed by atoms with Crippen molar-refractivity contribution in [1.82, 2.24) is 0 Å². The molecule has 4 saturated carbocycles. The summed E-state index contributed by atoms with van der Waals surface area (Å²) >= 11 is 3.54. The van der Waals surface area contributed by atoms with Gasteiger partial charge in [-0.3, -0.25) is 0 Å². The summed E-state index contributed by atoms with van der Waals surface area (Å²) in [7, 11) is 0. The first kappa shape index (κ1) is 5.57. The Morgan fingerprint density at radius 2 is 1.80 bits per heavy atom. The molecule has 6 bridgehead atoms. The normalized spacial score (nSPS) is 86.9. The third-order valence-corrected chi connectivity index (χ3v) is 11.6. The predicted molar refractivity (Wildman–Crippen MR) is 44.8 cm³/mol. The van der Waals surface area contributed by atoms with Crippen molar-refractivity contribution in [3.05, 3.63) is 0 Å². The fourth-order valence-electron chi connectivity index (χ4n) is 4.61. The second kappa shape index (κ2) is 1.18. The van der Waals surface area contributed by atoms with Crippen molar-refractivity contribution in [2.75, 3.05) is 6.66 Å². The predicted octanol–water partition coefficient (Wildman–Crippen LogP) is 1.36. The molecule has 0 nitrogen and oxygen atoms in total. The molecule has 10 heavy (non-hydrogen) atoms. The quantitative estimate of drug-likeness (QED) is 0.424. The van der Waals surface area contributed by atoms with E-state index in [1.165, 1.54) is 35.0 Å². The fourth-order valence-corrected chi connectivity index (χ4v) is 12.8. The molecule has 0 N–H and O–H groups in total. The summed E-state index contributed by atoms with van der Waals surface area (Å²) in [5.41, 5.74) is 2.05.